The van der Waals surface area contributed by atoms with Gasteiger partial charge in [-0.2, -0.15) is 15.1 Å². The minimum absolute atomic E-state index is 0.336. The van der Waals surface area contributed by atoms with Crippen molar-refractivity contribution in [1.82, 2.24) is 19.7 Å². The van der Waals surface area contributed by atoms with Gasteiger partial charge in [0.1, 0.15) is 5.82 Å². The Labute approximate surface area is 104 Å². The highest BCUT2D eigenvalue weighted by molar-refractivity contribution is 5.86. The van der Waals surface area contributed by atoms with E-state index in [2.05, 4.69) is 20.4 Å². The molecule has 0 saturated heterocycles. The van der Waals surface area contributed by atoms with Crippen LogP contribution >= 0.6 is 0 Å². The van der Waals surface area contributed by atoms with Crippen molar-refractivity contribution in [2.24, 2.45) is 13.0 Å². The number of nitrogens with one attached hydrogen (secondary N) is 1. The van der Waals surface area contributed by atoms with Gasteiger partial charge in [0.25, 0.3) is 0 Å². The van der Waals surface area contributed by atoms with E-state index >= 15 is 0 Å². The van der Waals surface area contributed by atoms with Crippen LogP contribution in [-0.4, -0.2) is 37.5 Å². The maximum absolute atomic E-state index is 9.78. The van der Waals surface area contributed by atoms with Crippen LogP contribution in [-0.2, 0) is 7.05 Å². The summed E-state index contributed by atoms with van der Waals surface area (Å²) < 4.78 is 1.65. The summed E-state index contributed by atoms with van der Waals surface area (Å²) >= 11 is 0. The van der Waals surface area contributed by atoms with Gasteiger partial charge in [0.15, 0.2) is 5.65 Å². The number of hydrogen-bond donors (Lipinski definition) is 3. The molecule has 0 bridgehead atoms. The SMILES string of the molecule is Cn1ncc2c(N)nc(NCC(O)C3CC3)nc21. The van der Waals surface area contributed by atoms with E-state index in [-0.39, 0.29) is 6.10 Å². The average Bonchev–Trinajstić information content (AvgIpc) is 3.12. The molecule has 1 atom stereocenters. The molecule has 0 aromatic carbocycles. The van der Waals surface area contributed by atoms with E-state index in [1.54, 1.807) is 17.9 Å². The fourth-order valence-electron chi connectivity index (χ4n) is 1.97. The molecule has 1 unspecified atom stereocenters. The van der Waals surface area contributed by atoms with Gasteiger partial charge < -0.3 is 16.2 Å². The number of aryl methyl sites for hydroxylation is 1. The van der Waals surface area contributed by atoms with Crippen molar-refractivity contribution in [3.8, 4) is 0 Å². The Kier molecular flexibility index (Phi) is 2.55. The number of aliphatic hydroxyl groups is 1. The molecule has 1 saturated carbocycles. The average molecular weight is 248 g/mol. The lowest BCUT2D eigenvalue weighted by Crippen LogP contribution is -2.22. The van der Waals surface area contributed by atoms with Gasteiger partial charge >= 0.3 is 0 Å². The molecule has 2 heterocycles. The topological polar surface area (TPSA) is 102 Å². The van der Waals surface area contributed by atoms with Gasteiger partial charge in [0, 0.05) is 13.6 Å². The Morgan fingerprint density at radius 3 is 3.06 bits per heavy atom. The van der Waals surface area contributed by atoms with E-state index in [0.717, 1.165) is 18.2 Å². The standard InChI is InChI=1S/C11H16N6O/c1-17-10-7(4-14-17)9(12)15-11(16-10)13-5-8(18)6-2-3-6/h4,6,8,18H,2-3,5H2,1H3,(H3,12,13,15,16). The van der Waals surface area contributed by atoms with Crippen molar-refractivity contribution in [1.29, 1.82) is 0 Å². The molecule has 1 aliphatic carbocycles. The normalized spacial score (nSPS) is 17.0. The molecule has 18 heavy (non-hydrogen) atoms. The first-order chi connectivity index (χ1) is 8.65. The second kappa shape index (κ2) is 4.09. The zero-order valence-electron chi connectivity index (χ0n) is 10.2. The molecule has 2 aromatic rings. The first-order valence-electron chi connectivity index (χ1n) is 6.02. The van der Waals surface area contributed by atoms with Crippen molar-refractivity contribution in [2.45, 2.75) is 18.9 Å². The number of nitrogens with two attached hydrogens (primary N) is 1. The number of aromatic nitrogens is 4. The van der Waals surface area contributed by atoms with Crippen LogP contribution in [0.2, 0.25) is 0 Å². The molecule has 7 nitrogen and oxygen atoms in total. The molecule has 0 radical (unpaired) electrons. The Balaban J connectivity index is 1.80. The Morgan fingerprint density at radius 1 is 1.56 bits per heavy atom. The lowest BCUT2D eigenvalue weighted by molar-refractivity contribution is 0.164. The highest BCUT2D eigenvalue weighted by Crippen LogP contribution is 2.32. The maximum atomic E-state index is 9.78. The summed E-state index contributed by atoms with van der Waals surface area (Å²) in [7, 11) is 1.80. The number of hydrogen-bond acceptors (Lipinski definition) is 6. The van der Waals surface area contributed by atoms with Gasteiger partial charge in [-0.05, 0) is 18.8 Å². The number of aliphatic hydroxyl groups excluding tert-OH is 1. The van der Waals surface area contributed by atoms with Crippen LogP contribution in [0.3, 0.4) is 0 Å². The molecule has 3 rings (SSSR count). The van der Waals surface area contributed by atoms with Crippen LogP contribution in [0, 0.1) is 5.92 Å². The molecule has 1 fully saturated rings. The van der Waals surface area contributed by atoms with Crippen LogP contribution in [0.1, 0.15) is 12.8 Å². The van der Waals surface area contributed by atoms with E-state index in [1.807, 2.05) is 0 Å². The highest BCUT2D eigenvalue weighted by Gasteiger charge is 2.29. The summed E-state index contributed by atoms with van der Waals surface area (Å²) in [5.74, 6) is 1.26. The third-order valence-corrected chi connectivity index (χ3v) is 3.26. The first-order valence-corrected chi connectivity index (χ1v) is 6.02. The van der Waals surface area contributed by atoms with E-state index < -0.39 is 0 Å². The molecular weight excluding hydrogens is 232 g/mol. The summed E-state index contributed by atoms with van der Waals surface area (Å²) in [5, 5.41) is 17.6. The quantitative estimate of drug-likeness (QED) is 0.710. The summed E-state index contributed by atoms with van der Waals surface area (Å²) in [5.41, 5.74) is 6.53. The third kappa shape index (κ3) is 1.97. The van der Waals surface area contributed by atoms with E-state index in [4.69, 9.17) is 5.73 Å². The second-order valence-electron chi connectivity index (χ2n) is 4.72. The molecule has 0 aliphatic heterocycles. The van der Waals surface area contributed by atoms with Gasteiger partial charge in [0.05, 0.1) is 17.7 Å². The summed E-state index contributed by atoms with van der Waals surface area (Å²) in [6.45, 7) is 0.452. The summed E-state index contributed by atoms with van der Waals surface area (Å²) in [6, 6.07) is 0. The maximum Gasteiger partial charge on any atom is 0.226 e. The number of nitrogens with zero attached hydrogens (tertiary/aromatic N) is 4. The monoisotopic (exact) mass is 248 g/mol. The Bertz CT molecular complexity index is 576. The molecule has 2 aromatic heterocycles. The number of fused-ring (bicyclic) bond motifs is 1. The van der Waals surface area contributed by atoms with Crippen LogP contribution in [0.5, 0.6) is 0 Å². The van der Waals surface area contributed by atoms with E-state index in [9.17, 15) is 5.11 Å². The van der Waals surface area contributed by atoms with Crippen molar-refractivity contribution < 1.29 is 5.11 Å². The zero-order chi connectivity index (χ0) is 12.7. The van der Waals surface area contributed by atoms with Gasteiger partial charge in [-0.15, -0.1) is 0 Å². The zero-order valence-corrected chi connectivity index (χ0v) is 10.2. The molecule has 96 valence electrons. The van der Waals surface area contributed by atoms with Gasteiger partial charge in [0.2, 0.25) is 5.95 Å². The largest absolute Gasteiger partial charge is 0.391 e. The van der Waals surface area contributed by atoms with Crippen LogP contribution in [0.4, 0.5) is 11.8 Å². The lowest BCUT2D eigenvalue weighted by Gasteiger charge is -2.10. The molecule has 0 amide bonds. The Morgan fingerprint density at radius 2 is 2.33 bits per heavy atom. The molecule has 4 N–H and O–H groups in total. The minimum Gasteiger partial charge on any atom is -0.391 e. The van der Waals surface area contributed by atoms with Gasteiger partial charge in [-0.3, -0.25) is 4.68 Å². The van der Waals surface area contributed by atoms with Crippen molar-refractivity contribution >= 4 is 22.8 Å². The van der Waals surface area contributed by atoms with Crippen molar-refractivity contribution in [3.05, 3.63) is 6.20 Å². The van der Waals surface area contributed by atoms with Gasteiger partial charge in [-0.25, -0.2) is 0 Å². The Hall–Kier alpha value is -1.89. The van der Waals surface area contributed by atoms with Crippen LogP contribution < -0.4 is 11.1 Å². The molecule has 1 aliphatic rings. The van der Waals surface area contributed by atoms with Gasteiger partial charge in [-0.1, -0.05) is 0 Å². The lowest BCUT2D eigenvalue weighted by atomic mass is 10.2. The van der Waals surface area contributed by atoms with Crippen molar-refractivity contribution in [2.75, 3.05) is 17.6 Å². The summed E-state index contributed by atoms with van der Waals surface area (Å²) in [4.78, 5) is 8.49. The second-order valence-corrected chi connectivity index (χ2v) is 4.72. The smallest absolute Gasteiger partial charge is 0.226 e. The molecule has 0 spiro atoms. The highest BCUT2D eigenvalue weighted by atomic mass is 16.3. The molecular formula is C11H16N6O. The number of anilines is 2. The first kappa shape index (κ1) is 11.2. The van der Waals surface area contributed by atoms with E-state index in [0.29, 0.717) is 29.9 Å². The predicted octanol–water partition coefficient (Wildman–Crippen LogP) is 0.128. The fraction of sp³-hybridized carbons (Fsp3) is 0.545. The third-order valence-electron chi connectivity index (χ3n) is 3.26. The van der Waals surface area contributed by atoms with Crippen LogP contribution in [0.15, 0.2) is 6.20 Å². The van der Waals surface area contributed by atoms with Crippen LogP contribution in [0.25, 0.3) is 11.0 Å². The minimum atomic E-state index is -0.336. The number of rotatable bonds is 4. The van der Waals surface area contributed by atoms with Crippen molar-refractivity contribution in [3.63, 3.8) is 0 Å². The predicted molar refractivity (Wildman–Crippen MR) is 67.9 cm³/mol. The van der Waals surface area contributed by atoms with E-state index in [1.165, 1.54) is 0 Å². The summed E-state index contributed by atoms with van der Waals surface area (Å²) in [6.07, 6.45) is 3.52. The molecule has 7 heteroatoms. The number of nitrogen functional groups attached to an aromatic ring is 1. The fourth-order valence-corrected chi connectivity index (χ4v) is 1.97.